The molecule has 0 aliphatic heterocycles. The van der Waals surface area contributed by atoms with E-state index in [9.17, 15) is 0 Å². The summed E-state index contributed by atoms with van der Waals surface area (Å²) in [6.45, 7) is 0.225. The molecule has 0 amide bonds. The van der Waals surface area contributed by atoms with E-state index in [0.717, 1.165) is 5.39 Å². The quantitative estimate of drug-likeness (QED) is 0.787. The Hall–Kier alpha value is -3.00. The van der Waals surface area contributed by atoms with E-state index in [2.05, 4.69) is 4.98 Å². The smallest absolute Gasteiger partial charge is 0.246 e. The van der Waals surface area contributed by atoms with Crippen molar-refractivity contribution in [2.75, 3.05) is 5.73 Å². The van der Waals surface area contributed by atoms with Crippen LogP contribution in [0, 0.1) is 11.3 Å². The van der Waals surface area contributed by atoms with Crippen LogP contribution in [0.2, 0.25) is 0 Å². The molecule has 1 aromatic carbocycles. The van der Waals surface area contributed by atoms with Gasteiger partial charge in [-0.25, -0.2) is 0 Å². The number of nitriles is 1. The minimum atomic E-state index is 0.162. The number of para-hydroxylation sites is 1. The molecule has 0 atom stereocenters. The first-order valence-corrected chi connectivity index (χ1v) is 6.03. The summed E-state index contributed by atoms with van der Waals surface area (Å²) in [5, 5.41) is 9.87. The number of hydrogen-bond donors (Lipinski definition) is 1. The molecule has 0 saturated heterocycles. The number of fused-ring (bicyclic) bond motifs is 1. The number of aromatic nitrogens is 1. The Balaban J connectivity index is 1.93. The number of rotatable bonds is 3. The van der Waals surface area contributed by atoms with Gasteiger partial charge in [-0.2, -0.15) is 5.26 Å². The predicted molar refractivity (Wildman–Crippen MR) is 73.9 cm³/mol. The van der Waals surface area contributed by atoms with Crippen LogP contribution in [0.3, 0.4) is 0 Å². The number of ether oxygens (including phenoxy) is 1. The van der Waals surface area contributed by atoms with Crippen molar-refractivity contribution in [3.63, 3.8) is 0 Å². The lowest BCUT2D eigenvalue weighted by Gasteiger charge is -2.04. The fraction of sp³-hybridized carbons (Fsp3) is 0.0667. The van der Waals surface area contributed by atoms with E-state index >= 15 is 0 Å². The van der Waals surface area contributed by atoms with Gasteiger partial charge in [0.15, 0.2) is 5.75 Å². The van der Waals surface area contributed by atoms with Crippen LogP contribution in [0.25, 0.3) is 11.0 Å². The molecule has 0 radical (unpaired) electrons. The molecule has 3 rings (SSSR count). The van der Waals surface area contributed by atoms with Gasteiger partial charge in [0.1, 0.15) is 18.3 Å². The maximum Gasteiger partial charge on any atom is 0.246 e. The number of furan rings is 1. The zero-order chi connectivity index (χ0) is 13.9. The number of nitrogens with zero attached hydrogens (tertiary/aromatic N) is 2. The van der Waals surface area contributed by atoms with Gasteiger partial charge in [0.05, 0.1) is 11.1 Å². The normalized spacial score (nSPS) is 10.3. The lowest BCUT2D eigenvalue weighted by atomic mass is 10.2. The predicted octanol–water partition coefficient (Wildman–Crippen LogP) is 2.86. The van der Waals surface area contributed by atoms with Gasteiger partial charge < -0.3 is 14.9 Å². The van der Waals surface area contributed by atoms with Gasteiger partial charge in [0.2, 0.25) is 5.76 Å². The zero-order valence-corrected chi connectivity index (χ0v) is 10.5. The maximum atomic E-state index is 9.10. The molecule has 0 bridgehead atoms. The lowest BCUT2D eigenvalue weighted by Crippen LogP contribution is -1.99. The Labute approximate surface area is 115 Å². The molecule has 0 saturated carbocycles. The largest absolute Gasteiger partial charge is 0.482 e. The fourth-order valence-corrected chi connectivity index (χ4v) is 1.96. The molecule has 0 aliphatic rings. The Morgan fingerprint density at radius 3 is 2.95 bits per heavy atom. The van der Waals surface area contributed by atoms with E-state index in [1.54, 1.807) is 24.4 Å². The number of hydrogen-bond acceptors (Lipinski definition) is 5. The molecule has 0 fully saturated rings. The summed E-state index contributed by atoms with van der Waals surface area (Å²) in [7, 11) is 0. The molecule has 0 unspecified atom stereocenters. The maximum absolute atomic E-state index is 9.10. The standard InChI is InChI=1S/C15H11N3O2/c16-8-14-15(12-3-1-2-4-13(12)20-14)19-9-11-7-10(17)5-6-18-11/h1-7H,9H2,(H2,17,18). The van der Waals surface area contributed by atoms with Crippen molar-refractivity contribution >= 4 is 16.7 Å². The van der Waals surface area contributed by atoms with Crippen molar-refractivity contribution in [3.8, 4) is 11.8 Å². The van der Waals surface area contributed by atoms with Crippen LogP contribution in [-0.2, 0) is 6.61 Å². The lowest BCUT2D eigenvalue weighted by molar-refractivity contribution is 0.299. The van der Waals surface area contributed by atoms with Crippen molar-refractivity contribution < 1.29 is 9.15 Å². The van der Waals surface area contributed by atoms with Crippen molar-refractivity contribution in [1.29, 1.82) is 5.26 Å². The summed E-state index contributed by atoms with van der Waals surface area (Å²) in [5.74, 6) is 0.599. The van der Waals surface area contributed by atoms with Crippen LogP contribution in [-0.4, -0.2) is 4.98 Å². The van der Waals surface area contributed by atoms with E-state index in [0.29, 0.717) is 22.7 Å². The van der Waals surface area contributed by atoms with Crippen molar-refractivity contribution in [2.45, 2.75) is 6.61 Å². The highest BCUT2D eigenvalue weighted by Gasteiger charge is 2.15. The minimum absolute atomic E-state index is 0.162. The monoisotopic (exact) mass is 265 g/mol. The number of nitrogen functional groups attached to an aromatic ring is 1. The van der Waals surface area contributed by atoms with E-state index in [1.807, 2.05) is 24.3 Å². The second-order valence-electron chi connectivity index (χ2n) is 4.24. The third kappa shape index (κ3) is 2.15. The van der Waals surface area contributed by atoms with Crippen LogP contribution in [0.1, 0.15) is 11.5 Å². The third-order valence-electron chi connectivity index (χ3n) is 2.86. The molecule has 2 N–H and O–H groups in total. The Bertz CT molecular complexity index is 802. The summed E-state index contributed by atoms with van der Waals surface area (Å²) < 4.78 is 11.1. The highest BCUT2D eigenvalue weighted by molar-refractivity contribution is 5.86. The molecule has 20 heavy (non-hydrogen) atoms. The Morgan fingerprint density at radius 2 is 2.15 bits per heavy atom. The fourth-order valence-electron chi connectivity index (χ4n) is 1.96. The van der Waals surface area contributed by atoms with Gasteiger partial charge in [0.25, 0.3) is 0 Å². The molecular formula is C15H11N3O2. The second kappa shape index (κ2) is 4.94. The molecule has 5 nitrogen and oxygen atoms in total. The highest BCUT2D eigenvalue weighted by Crippen LogP contribution is 2.32. The van der Waals surface area contributed by atoms with Crippen LogP contribution in [0.15, 0.2) is 47.0 Å². The summed E-state index contributed by atoms with van der Waals surface area (Å²) >= 11 is 0. The van der Waals surface area contributed by atoms with Gasteiger partial charge in [-0.1, -0.05) is 12.1 Å². The van der Waals surface area contributed by atoms with Gasteiger partial charge in [-0.05, 0) is 24.3 Å². The van der Waals surface area contributed by atoms with Gasteiger partial charge in [-0.3, -0.25) is 4.98 Å². The average Bonchev–Trinajstić information content (AvgIpc) is 2.83. The summed E-state index contributed by atoms with van der Waals surface area (Å²) in [6, 6.07) is 12.8. The molecule has 2 aromatic heterocycles. The molecule has 0 spiro atoms. The topological polar surface area (TPSA) is 85.1 Å². The van der Waals surface area contributed by atoms with Crippen LogP contribution >= 0.6 is 0 Å². The zero-order valence-electron chi connectivity index (χ0n) is 10.5. The minimum Gasteiger partial charge on any atom is -0.482 e. The van der Waals surface area contributed by atoms with E-state index in [4.69, 9.17) is 20.1 Å². The third-order valence-corrected chi connectivity index (χ3v) is 2.86. The molecule has 0 aliphatic carbocycles. The Morgan fingerprint density at radius 1 is 1.30 bits per heavy atom. The number of nitrogens with two attached hydrogens (primary N) is 1. The van der Waals surface area contributed by atoms with Crippen molar-refractivity contribution in [1.82, 2.24) is 4.98 Å². The van der Waals surface area contributed by atoms with Crippen LogP contribution in [0.5, 0.6) is 5.75 Å². The number of benzene rings is 1. The van der Waals surface area contributed by atoms with E-state index < -0.39 is 0 Å². The van der Waals surface area contributed by atoms with Crippen molar-refractivity contribution in [3.05, 3.63) is 54.0 Å². The first-order valence-electron chi connectivity index (χ1n) is 6.03. The van der Waals surface area contributed by atoms with Gasteiger partial charge in [0, 0.05) is 11.9 Å². The van der Waals surface area contributed by atoms with Gasteiger partial charge in [-0.15, -0.1) is 0 Å². The summed E-state index contributed by atoms with van der Waals surface area (Å²) in [4.78, 5) is 4.16. The molecular weight excluding hydrogens is 254 g/mol. The average molecular weight is 265 g/mol. The van der Waals surface area contributed by atoms with E-state index in [1.165, 1.54) is 0 Å². The molecule has 98 valence electrons. The SMILES string of the molecule is N#Cc1oc2ccccc2c1OCc1cc(N)ccn1. The number of pyridine rings is 1. The molecule has 3 aromatic rings. The first kappa shape index (κ1) is 12.1. The molecule has 2 heterocycles. The first-order chi connectivity index (χ1) is 9.78. The highest BCUT2D eigenvalue weighted by atomic mass is 16.5. The molecule has 5 heteroatoms. The Kier molecular flexibility index (Phi) is 2.98. The van der Waals surface area contributed by atoms with Gasteiger partial charge >= 0.3 is 0 Å². The van der Waals surface area contributed by atoms with Crippen molar-refractivity contribution in [2.24, 2.45) is 0 Å². The summed E-state index contributed by atoms with van der Waals surface area (Å²) in [5.41, 5.74) is 7.63. The summed E-state index contributed by atoms with van der Waals surface area (Å²) in [6.07, 6.45) is 1.62. The number of anilines is 1. The van der Waals surface area contributed by atoms with Crippen LogP contribution < -0.4 is 10.5 Å². The van der Waals surface area contributed by atoms with Crippen LogP contribution in [0.4, 0.5) is 5.69 Å². The second-order valence-corrected chi connectivity index (χ2v) is 4.24. The van der Waals surface area contributed by atoms with E-state index in [-0.39, 0.29) is 12.4 Å².